The summed E-state index contributed by atoms with van der Waals surface area (Å²) in [5.41, 5.74) is -0.184. The molecule has 1 fully saturated rings. The number of aromatic carboxylic acids is 1. The summed E-state index contributed by atoms with van der Waals surface area (Å²) < 4.78 is 20.8. The van der Waals surface area contributed by atoms with Crippen molar-refractivity contribution in [3.05, 3.63) is 30.1 Å². The Kier molecular flexibility index (Phi) is 11.1. The van der Waals surface area contributed by atoms with E-state index in [1.54, 1.807) is 0 Å². The first-order chi connectivity index (χ1) is 10.2. The third kappa shape index (κ3) is 6.76. The van der Waals surface area contributed by atoms with Gasteiger partial charge in [-0.05, 0) is 6.07 Å². The van der Waals surface area contributed by atoms with E-state index in [4.69, 9.17) is 4.74 Å². The van der Waals surface area contributed by atoms with Crippen LogP contribution in [0.5, 0.6) is 0 Å². The van der Waals surface area contributed by atoms with Crippen LogP contribution in [-0.2, 0) is 13.8 Å². The van der Waals surface area contributed by atoms with Crippen molar-refractivity contribution in [3.8, 4) is 0 Å². The van der Waals surface area contributed by atoms with Crippen molar-refractivity contribution in [2.24, 2.45) is 0 Å². The zero-order valence-electron chi connectivity index (χ0n) is 13.0. The van der Waals surface area contributed by atoms with E-state index >= 15 is 0 Å². The first kappa shape index (κ1) is 25.2. The first-order valence-electron chi connectivity index (χ1n) is 6.09. The predicted molar refractivity (Wildman–Crippen MR) is 60.4 cm³/mol. The summed E-state index contributed by atoms with van der Waals surface area (Å²) in [7, 11) is -5.24. The first-order valence-corrected chi connectivity index (χ1v) is 7.55. The predicted octanol–water partition coefficient (Wildman–Crippen LogP) is -10.2. The molecule has 1 aromatic rings. The van der Waals surface area contributed by atoms with Gasteiger partial charge in [0.1, 0.15) is 12.2 Å². The molecule has 2 rings (SSSR count). The maximum absolute atomic E-state index is 10.8. The summed E-state index contributed by atoms with van der Waals surface area (Å²) >= 11 is 0. The standard InChI is InChI=1S/C11H14NO9P.K.Na/c13-8-7(5-20-22(17,18)19)21-10(9(8)14)12-3-1-2-6(4-12)11(15)16;;/h1-4,7-10,13-14H,5H2,(H2-,15,16,17,18,19);;/q;2*+1/p-2/t7-,8-,9-,10-;;/m1../s1. The van der Waals surface area contributed by atoms with Crippen molar-refractivity contribution in [1.29, 1.82) is 0 Å². The number of ether oxygens (including phenoxy) is 1. The molecule has 10 nitrogen and oxygen atoms in total. The SMILES string of the molecule is O=C([O-])c1ccc[n+]([C@@H]2O[C@H](COP(=O)([O-])[O-])[C@@H](O)[C@H]2O)c1.[K+].[Na+]. The van der Waals surface area contributed by atoms with Gasteiger partial charge in [0.15, 0.2) is 18.5 Å². The van der Waals surface area contributed by atoms with Crippen molar-refractivity contribution in [1.82, 2.24) is 0 Å². The molecule has 0 amide bonds. The fraction of sp³-hybridized carbons (Fsp3) is 0.455. The summed E-state index contributed by atoms with van der Waals surface area (Å²) in [5.74, 6) is -1.44. The third-order valence-corrected chi connectivity index (χ3v) is 3.55. The Balaban J connectivity index is 0.00000264. The molecule has 1 aromatic heterocycles. The topological polar surface area (TPSA) is 166 Å². The number of rotatable bonds is 5. The van der Waals surface area contributed by atoms with Gasteiger partial charge < -0.3 is 43.7 Å². The Labute approximate surface area is 201 Å². The van der Waals surface area contributed by atoms with Crippen LogP contribution < -0.4 is 100 Å². The van der Waals surface area contributed by atoms with Crippen LogP contribution in [0, 0.1) is 0 Å². The summed E-state index contributed by atoms with van der Waals surface area (Å²) in [6.45, 7) is -0.764. The fourth-order valence-electron chi connectivity index (χ4n) is 2.05. The molecule has 2 heterocycles. The summed E-state index contributed by atoms with van der Waals surface area (Å²) in [6, 6.07) is 2.62. The van der Waals surface area contributed by atoms with Crippen LogP contribution in [0.3, 0.4) is 0 Å². The fourth-order valence-corrected chi connectivity index (χ4v) is 2.38. The molecular weight excluding hydrogens is 383 g/mol. The van der Waals surface area contributed by atoms with E-state index in [9.17, 15) is 34.5 Å². The van der Waals surface area contributed by atoms with Crippen LogP contribution >= 0.6 is 7.82 Å². The molecule has 13 heteroatoms. The van der Waals surface area contributed by atoms with E-state index < -0.39 is 44.9 Å². The molecule has 0 aliphatic carbocycles. The molecule has 1 aliphatic rings. The molecular formula is C11H12KNNaO9P. The van der Waals surface area contributed by atoms with Crippen molar-refractivity contribution in [3.63, 3.8) is 0 Å². The number of phosphoric acid groups is 1. The minimum atomic E-state index is -5.24. The van der Waals surface area contributed by atoms with Crippen molar-refractivity contribution < 1.29 is 129 Å². The van der Waals surface area contributed by atoms with E-state index in [0.29, 0.717) is 0 Å². The minimum Gasteiger partial charge on any atom is -0.790 e. The molecule has 0 radical (unpaired) electrons. The number of carbonyl (C=O) groups is 1. The Morgan fingerprint density at radius 1 is 1.38 bits per heavy atom. The van der Waals surface area contributed by atoms with E-state index in [-0.39, 0.29) is 86.5 Å². The van der Waals surface area contributed by atoms with E-state index in [1.807, 2.05) is 0 Å². The molecule has 1 aliphatic heterocycles. The second kappa shape index (κ2) is 10.5. The van der Waals surface area contributed by atoms with Crippen LogP contribution in [0.2, 0.25) is 0 Å². The number of phosphoric ester groups is 1. The van der Waals surface area contributed by atoms with Gasteiger partial charge in [-0.3, -0.25) is 0 Å². The van der Waals surface area contributed by atoms with Crippen LogP contribution in [0.15, 0.2) is 24.5 Å². The molecule has 0 aromatic carbocycles. The van der Waals surface area contributed by atoms with E-state index in [0.717, 1.165) is 6.20 Å². The average molecular weight is 395 g/mol. The number of carbonyl (C=O) groups excluding carboxylic acids is 1. The van der Waals surface area contributed by atoms with Crippen LogP contribution in [0.1, 0.15) is 16.6 Å². The van der Waals surface area contributed by atoms with Crippen molar-refractivity contribution in [2.45, 2.75) is 24.5 Å². The quantitative estimate of drug-likeness (QED) is 0.280. The maximum atomic E-state index is 10.8. The van der Waals surface area contributed by atoms with Crippen LogP contribution in [0.25, 0.3) is 0 Å². The van der Waals surface area contributed by atoms with Crippen LogP contribution in [0.4, 0.5) is 0 Å². The molecule has 24 heavy (non-hydrogen) atoms. The largest absolute Gasteiger partial charge is 1.00 e. The van der Waals surface area contributed by atoms with Gasteiger partial charge in [0.2, 0.25) is 0 Å². The molecule has 0 spiro atoms. The van der Waals surface area contributed by atoms with Gasteiger partial charge in [0.05, 0.1) is 26.0 Å². The Morgan fingerprint density at radius 2 is 2.00 bits per heavy atom. The smallest absolute Gasteiger partial charge is 0.790 e. The Hall–Kier alpha value is 1.25. The number of hydrogen-bond acceptors (Lipinski definition) is 9. The number of nitrogens with zero attached hydrogens (tertiary/aromatic N) is 1. The van der Waals surface area contributed by atoms with Gasteiger partial charge in [-0.1, -0.05) is 0 Å². The molecule has 0 bridgehead atoms. The number of aliphatic hydroxyl groups excluding tert-OH is 2. The van der Waals surface area contributed by atoms with Crippen molar-refractivity contribution >= 4 is 13.8 Å². The Bertz CT molecular complexity index is 615. The van der Waals surface area contributed by atoms with Gasteiger partial charge in [-0.25, -0.2) is 0 Å². The normalized spacial score (nSPS) is 26.3. The molecule has 0 saturated carbocycles. The number of aliphatic hydroxyl groups is 2. The number of aromatic nitrogens is 1. The summed E-state index contributed by atoms with van der Waals surface area (Å²) in [4.78, 5) is 31.6. The third-order valence-electron chi connectivity index (χ3n) is 3.09. The Morgan fingerprint density at radius 3 is 2.54 bits per heavy atom. The molecule has 2 N–H and O–H groups in total. The number of carboxylic acids is 1. The number of carboxylic acid groups (broad SMARTS) is 1. The second-order valence-corrected chi connectivity index (χ2v) is 5.77. The van der Waals surface area contributed by atoms with Crippen molar-refractivity contribution in [2.75, 3.05) is 6.61 Å². The molecule has 0 unspecified atom stereocenters. The zero-order chi connectivity index (χ0) is 16.5. The monoisotopic (exact) mass is 395 g/mol. The van der Waals surface area contributed by atoms with Gasteiger partial charge in [0, 0.05) is 6.07 Å². The summed E-state index contributed by atoms with van der Waals surface area (Å²) in [6.07, 6.45) is -2.95. The van der Waals surface area contributed by atoms with Gasteiger partial charge in [0.25, 0.3) is 6.23 Å². The summed E-state index contributed by atoms with van der Waals surface area (Å²) in [5, 5.41) is 30.5. The molecule has 122 valence electrons. The zero-order valence-corrected chi connectivity index (χ0v) is 19.0. The van der Waals surface area contributed by atoms with E-state index in [2.05, 4.69) is 4.52 Å². The average Bonchev–Trinajstić information content (AvgIpc) is 2.72. The molecule has 4 atom stereocenters. The number of hydrogen-bond donors (Lipinski definition) is 2. The van der Waals surface area contributed by atoms with Gasteiger partial charge in [-0.2, -0.15) is 4.57 Å². The maximum Gasteiger partial charge on any atom is 1.00 e. The van der Waals surface area contributed by atoms with E-state index in [1.165, 1.54) is 22.9 Å². The second-order valence-electron chi connectivity index (χ2n) is 4.62. The van der Waals surface area contributed by atoms with Crippen LogP contribution in [-0.4, -0.2) is 41.1 Å². The minimum absolute atomic E-state index is 0. The molecule has 1 saturated heterocycles. The van der Waals surface area contributed by atoms with Gasteiger partial charge in [-0.15, -0.1) is 0 Å². The van der Waals surface area contributed by atoms with Gasteiger partial charge >= 0.3 is 80.9 Å². The number of pyridine rings is 1.